The first-order valence-corrected chi connectivity index (χ1v) is 5.68. The van der Waals surface area contributed by atoms with E-state index in [1.54, 1.807) is 18.2 Å². The summed E-state index contributed by atoms with van der Waals surface area (Å²) < 4.78 is 18.0. The van der Waals surface area contributed by atoms with Gasteiger partial charge in [-0.2, -0.15) is 0 Å². The number of rotatable bonds is 5. The number of furan rings is 1. The number of aldehydes is 1. The number of benzene rings is 1. The van der Waals surface area contributed by atoms with Crippen molar-refractivity contribution in [2.75, 3.05) is 0 Å². The zero-order chi connectivity index (χ0) is 13.7. The van der Waals surface area contributed by atoms with Crippen molar-refractivity contribution >= 4 is 18.1 Å². The topological polar surface area (TPSA) is 47.3 Å². The number of carbonyl (C=O) groups is 2. The first-order valence-electron chi connectivity index (χ1n) is 5.68. The summed E-state index contributed by atoms with van der Waals surface area (Å²) in [5, 5.41) is 0. The molecular formula is C15H11FO3. The van der Waals surface area contributed by atoms with Gasteiger partial charge < -0.3 is 9.21 Å². The lowest BCUT2D eigenvalue weighted by Crippen LogP contribution is -1.94. The quantitative estimate of drug-likeness (QED) is 0.470. The van der Waals surface area contributed by atoms with E-state index in [2.05, 4.69) is 0 Å². The second-order valence-electron chi connectivity index (χ2n) is 3.89. The first kappa shape index (κ1) is 13.0. The first-order chi connectivity index (χ1) is 9.20. The third kappa shape index (κ3) is 3.25. The maximum atomic E-state index is 13.1. The van der Waals surface area contributed by atoms with Crippen LogP contribution in [0.5, 0.6) is 0 Å². The van der Waals surface area contributed by atoms with Crippen molar-refractivity contribution < 1.29 is 18.4 Å². The van der Waals surface area contributed by atoms with E-state index in [1.807, 2.05) is 0 Å². The summed E-state index contributed by atoms with van der Waals surface area (Å²) in [7, 11) is 0. The standard InChI is InChI=1S/C15H11FO3/c16-13-5-3-11(12(10-13)7-8-17)4-6-14(18)15-2-1-9-19-15/h1-6,8-10H,7H2/b6-4+. The van der Waals surface area contributed by atoms with Gasteiger partial charge in [0.2, 0.25) is 5.78 Å². The number of hydrogen-bond donors (Lipinski definition) is 0. The van der Waals surface area contributed by atoms with Crippen LogP contribution in [0.25, 0.3) is 6.08 Å². The molecule has 0 spiro atoms. The third-order valence-corrected chi connectivity index (χ3v) is 2.59. The molecule has 1 heterocycles. The molecule has 1 aromatic carbocycles. The molecule has 0 saturated heterocycles. The molecule has 0 bridgehead atoms. The van der Waals surface area contributed by atoms with E-state index >= 15 is 0 Å². The molecular weight excluding hydrogens is 247 g/mol. The lowest BCUT2D eigenvalue weighted by Gasteiger charge is -2.02. The normalized spacial score (nSPS) is 10.8. The minimum absolute atomic E-state index is 0.104. The van der Waals surface area contributed by atoms with Gasteiger partial charge in [0.05, 0.1) is 6.26 Å². The van der Waals surface area contributed by atoms with Gasteiger partial charge >= 0.3 is 0 Å². The number of ketones is 1. The van der Waals surface area contributed by atoms with Crippen molar-refractivity contribution in [3.05, 3.63) is 65.4 Å². The fourth-order valence-corrected chi connectivity index (χ4v) is 1.67. The van der Waals surface area contributed by atoms with E-state index in [-0.39, 0.29) is 18.0 Å². The van der Waals surface area contributed by atoms with E-state index in [9.17, 15) is 14.0 Å². The minimum Gasteiger partial charge on any atom is -0.461 e. The van der Waals surface area contributed by atoms with Crippen LogP contribution in [0, 0.1) is 5.82 Å². The highest BCUT2D eigenvalue weighted by molar-refractivity contribution is 6.04. The van der Waals surface area contributed by atoms with Gasteiger partial charge in [-0.25, -0.2) is 4.39 Å². The number of halogens is 1. The average Bonchev–Trinajstić information content (AvgIpc) is 2.92. The predicted molar refractivity (Wildman–Crippen MR) is 68.2 cm³/mol. The number of allylic oxidation sites excluding steroid dienone is 1. The molecule has 2 rings (SSSR count). The van der Waals surface area contributed by atoms with Crippen LogP contribution in [-0.2, 0) is 11.2 Å². The Kier molecular flexibility index (Phi) is 4.03. The molecule has 0 radical (unpaired) electrons. The van der Waals surface area contributed by atoms with Crippen LogP contribution < -0.4 is 0 Å². The summed E-state index contributed by atoms with van der Waals surface area (Å²) in [6.07, 6.45) is 5.09. The van der Waals surface area contributed by atoms with E-state index in [0.29, 0.717) is 17.4 Å². The van der Waals surface area contributed by atoms with Crippen LogP contribution in [0.3, 0.4) is 0 Å². The summed E-state index contributed by atoms with van der Waals surface area (Å²) in [5.74, 6) is -0.465. The second-order valence-corrected chi connectivity index (χ2v) is 3.89. The summed E-state index contributed by atoms with van der Waals surface area (Å²) in [6.45, 7) is 0. The molecule has 1 aromatic heterocycles. The molecule has 19 heavy (non-hydrogen) atoms. The van der Waals surface area contributed by atoms with Gasteiger partial charge in [-0.3, -0.25) is 4.79 Å². The third-order valence-electron chi connectivity index (χ3n) is 2.59. The Bertz CT molecular complexity index is 612. The van der Waals surface area contributed by atoms with E-state index in [1.165, 1.54) is 30.5 Å². The van der Waals surface area contributed by atoms with Crippen LogP contribution in [0.1, 0.15) is 21.7 Å². The summed E-state index contributed by atoms with van der Waals surface area (Å²) in [6, 6.07) is 7.28. The van der Waals surface area contributed by atoms with Gasteiger partial charge in [0, 0.05) is 6.42 Å². The SMILES string of the molecule is O=CCc1cc(F)ccc1/C=C/C(=O)c1ccco1. The molecule has 2 aromatic rings. The van der Waals surface area contributed by atoms with Gasteiger partial charge in [-0.1, -0.05) is 12.1 Å². The van der Waals surface area contributed by atoms with Crippen LogP contribution in [-0.4, -0.2) is 12.1 Å². The lowest BCUT2D eigenvalue weighted by molar-refractivity contribution is -0.107. The summed E-state index contributed by atoms with van der Waals surface area (Å²) >= 11 is 0. The number of hydrogen-bond acceptors (Lipinski definition) is 3. The molecule has 0 atom stereocenters. The number of carbonyl (C=O) groups excluding carboxylic acids is 2. The Labute approximate surface area is 109 Å². The van der Waals surface area contributed by atoms with Gasteiger partial charge in [0.15, 0.2) is 5.76 Å². The Hall–Kier alpha value is -2.49. The van der Waals surface area contributed by atoms with Crippen molar-refractivity contribution in [2.24, 2.45) is 0 Å². The fraction of sp³-hybridized carbons (Fsp3) is 0.0667. The van der Waals surface area contributed by atoms with Crippen molar-refractivity contribution in [3.63, 3.8) is 0 Å². The van der Waals surface area contributed by atoms with Crippen LogP contribution in [0.2, 0.25) is 0 Å². The fourth-order valence-electron chi connectivity index (χ4n) is 1.67. The molecule has 3 nitrogen and oxygen atoms in total. The van der Waals surface area contributed by atoms with Crippen molar-refractivity contribution in [1.82, 2.24) is 0 Å². The molecule has 0 saturated carbocycles. The lowest BCUT2D eigenvalue weighted by atomic mass is 10.0. The van der Waals surface area contributed by atoms with Crippen molar-refractivity contribution in [3.8, 4) is 0 Å². The molecule has 0 aliphatic heterocycles. The van der Waals surface area contributed by atoms with Gasteiger partial charge in [-0.05, 0) is 41.5 Å². The predicted octanol–water partition coefficient (Wildman–Crippen LogP) is 3.06. The van der Waals surface area contributed by atoms with Crippen molar-refractivity contribution in [2.45, 2.75) is 6.42 Å². The van der Waals surface area contributed by atoms with Crippen molar-refractivity contribution in [1.29, 1.82) is 0 Å². The zero-order valence-electron chi connectivity index (χ0n) is 10.0. The highest BCUT2D eigenvalue weighted by Gasteiger charge is 2.05. The molecule has 0 aliphatic rings. The van der Waals surface area contributed by atoms with E-state index < -0.39 is 5.82 Å². The zero-order valence-corrected chi connectivity index (χ0v) is 10.0. The molecule has 0 unspecified atom stereocenters. The van der Waals surface area contributed by atoms with Crippen LogP contribution in [0.4, 0.5) is 4.39 Å². The summed E-state index contributed by atoms with van der Waals surface area (Å²) in [4.78, 5) is 22.2. The average molecular weight is 258 g/mol. The van der Waals surface area contributed by atoms with Gasteiger partial charge in [0.25, 0.3) is 0 Å². The van der Waals surface area contributed by atoms with E-state index in [4.69, 9.17) is 4.42 Å². The largest absolute Gasteiger partial charge is 0.461 e. The highest BCUT2D eigenvalue weighted by atomic mass is 19.1. The van der Waals surface area contributed by atoms with Crippen LogP contribution in [0.15, 0.2) is 47.1 Å². The van der Waals surface area contributed by atoms with Crippen LogP contribution >= 0.6 is 0 Å². The highest BCUT2D eigenvalue weighted by Crippen LogP contribution is 2.14. The molecule has 96 valence electrons. The molecule has 0 aliphatic carbocycles. The maximum absolute atomic E-state index is 13.1. The Balaban J connectivity index is 2.23. The van der Waals surface area contributed by atoms with Gasteiger partial charge in [-0.15, -0.1) is 0 Å². The Morgan fingerprint density at radius 2 is 2.16 bits per heavy atom. The molecule has 0 fully saturated rings. The summed E-state index contributed by atoms with van der Waals surface area (Å²) in [5.41, 5.74) is 1.17. The minimum atomic E-state index is -0.411. The Morgan fingerprint density at radius 3 is 2.84 bits per heavy atom. The van der Waals surface area contributed by atoms with Gasteiger partial charge in [0.1, 0.15) is 12.1 Å². The maximum Gasteiger partial charge on any atom is 0.221 e. The molecule has 0 N–H and O–H groups in total. The van der Waals surface area contributed by atoms with E-state index in [0.717, 1.165) is 0 Å². The molecule has 4 heteroatoms. The second kappa shape index (κ2) is 5.91. The smallest absolute Gasteiger partial charge is 0.221 e. The molecule has 0 amide bonds. The monoisotopic (exact) mass is 258 g/mol. The Morgan fingerprint density at radius 1 is 1.32 bits per heavy atom.